The number of hydrogen-bond acceptors (Lipinski definition) is 50. The third-order valence-corrected chi connectivity index (χ3v) is 7.44. The van der Waals surface area contributed by atoms with Crippen LogP contribution >= 0.6 is 0 Å². The predicted molar refractivity (Wildman–Crippen MR) is 450 cm³/mol. The van der Waals surface area contributed by atoms with E-state index in [0.717, 1.165) is 0 Å². The minimum Gasteiger partial charge on any atom is -2.00 e. The summed E-state index contributed by atoms with van der Waals surface area (Å²) in [4.78, 5) is 82.5. The summed E-state index contributed by atoms with van der Waals surface area (Å²) in [5.74, 6) is 0. The van der Waals surface area contributed by atoms with Gasteiger partial charge in [-0.3, -0.25) is 0 Å². The second-order valence-electron chi connectivity index (χ2n) is 14.5. The van der Waals surface area contributed by atoms with E-state index < -0.39 is 50.9 Å². The monoisotopic (exact) mass is 2270 g/mol. The van der Waals surface area contributed by atoms with Gasteiger partial charge in [0.05, 0.1) is 315 Å². The summed E-state index contributed by atoms with van der Waals surface area (Å²) in [7, 11) is 0. The minimum absolute atomic E-state index is 0. The molecule has 0 saturated carbocycles. The first-order valence-electron chi connectivity index (χ1n) is 27.0. The number of nitrogens with zero attached hydrogens (tertiary/aromatic N) is 10. The molecule has 78 N–H and O–H groups in total. The van der Waals surface area contributed by atoms with Gasteiger partial charge in [0.2, 0.25) is 0 Å². The van der Waals surface area contributed by atoms with Gasteiger partial charge in [-0.25, -0.2) is 0 Å². The van der Waals surface area contributed by atoms with E-state index >= 15 is 0 Å². The van der Waals surface area contributed by atoms with Crippen molar-refractivity contribution in [3.63, 3.8) is 0 Å². The molecule has 4 rings (SSSR count). The van der Waals surface area contributed by atoms with E-state index in [1.54, 1.807) is 0 Å². The zero-order valence-corrected chi connectivity index (χ0v) is 75.1. The summed E-state index contributed by atoms with van der Waals surface area (Å²) < 4.78 is 106. The van der Waals surface area contributed by atoms with Crippen LogP contribution in [0.25, 0.3) is 0 Å². The molecule has 4 aliphatic heterocycles. The van der Waals surface area contributed by atoms with Crippen molar-refractivity contribution in [2.75, 3.05) is 264 Å². The zero-order chi connectivity index (χ0) is 78.2. The number of ether oxygens (including phenoxy) is 20. The molecule has 0 amide bonds. The molecule has 93 heteroatoms. The first-order chi connectivity index (χ1) is 47.3. The fourth-order valence-corrected chi connectivity index (χ4v) is 4.40. The molecule has 89 nitrogen and oxygen atoms in total. The average Bonchev–Trinajstić information content (AvgIpc) is 2.04. The molecule has 0 aliphatic carbocycles. The van der Waals surface area contributed by atoms with Crippen LogP contribution in [0.15, 0.2) is 0 Å². The summed E-state index contributed by atoms with van der Waals surface area (Å²) in [6.07, 6.45) is 0. The van der Waals surface area contributed by atoms with Gasteiger partial charge in [-0.05, 0) is 0 Å². The summed E-state index contributed by atoms with van der Waals surface area (Å²) >= 11 is 0. The molecule has 0 unspecified atom stereocenters. The van der Waals surface area contributed by atoms with Crippen molar-refractivity contribution >= 4 is 0 Å². The van der Waals surface area contributed by atoms with Crippen molar-refractivity contribution in [1.29, 1.82) is 0 Å². The van der Waals surface area contributed by atoms with Gasteiger partial charge in [-0.15, -0.1) is 0 Å². The Labute approximate surface area is 788 Å². The van der Waals surface area contributed by atoms with E-state index in [1.165, 1.54) is 0 Å². The van der Waals surface area contributed by atoms with Gasteiger partial charge < -0.3 is 407 Å². The fourth-order valence-electron chi connectivity index (χ4n) is 4.40. The van der Waals surface area contributed by atoms with E-state index in [-0.39, 0.29) is 227 Å². The fraction of sp³-hybridized carbons (Fsp3) is 1.00. The molecule has 0 aromatic rings. The van der Waals surface area contributed by atoms with Gasteiger partial charge in [0.25, 0.3) is 0 Å². The van der Waals surface area contributed by atoms with Crippen LogP contribution in [0.3, 0.4) is 0 Å². The van der Waals surface area contributed by atoms with Crippen LogP contribution in [0.4, 0.5) is 0 Å². The molecule has 0 bridgehead atoms. The van der Waals surface area contributed by atoms with Gasteiger partial charge in [-0.2, -0.15) is 0 Å². The van der Waals surface area contributed by atoms with Crippen LogP contribution in [-0.4, -0.2) is 348 Å². The summed E-state index contributed by atoms with van der Waals surface area (Å²) in [6, 6.07) is 0. The second-order valence-corrected chi connectivity index (χ2v) is 14.5. The quantitative estimate of drug-likeness (QED) is 0.0940. The molecule has 0 aromatic carbocycles. The Balaban J connectivity index is -0.0000000163. The van der Waals surface area contributed by atoms with Crippen molar-refractivity contribution in [1.82, 2.24) is 0 Å². The molecule has 852 valence electrons. The van der Waals surface area contributed by atoms with E-state index in [1.807, 2.05) is 0 Å². The molecule has 4 heterocycles. The molecule has 133 heavy (non-hydrogen) atoms. The van der Waals surface area contributed by atoms with Gasteiger partial charge in [0, 0.05) is 0 Å². The maximum Gasteiger partial charge on any atom is 3.00 e. The molecule has 4 aliphatic rings. The Morgan fingerprint density at radius 3 is 0.135 bits per heavy atom. The van der Waals surface area contributed by atoms with E-state index in [0.29, 0.717) is 264 Å². The Hall–Kier alpha value is -7.88. The van der Waals surface area contributed by atoms with E-state index in [2.05, 4.69) is 0 Å². The first kappa shape index (κ1) is 286. The Kier molecular flexibility index (Phi) is 600. The molecular formula is C40H158Fe4N10O79+22. The molecule has 0 spiro atoms. The van der Waals surface area contributed by atoms with Crippen molar-refractivity contribution in [2.24, 2.45) is 0 Å². The predicted octanol–water partition coefficient (Wildman–Crippen LogP) is -27.4. The second kappa shape index (κ2) is 279. The van der Waals surface area contributed by atoms with Gasteiger partial charge >= 0.3 is 68.3 Å². The minimum atomic E-state index is -1.75. The molecule has 4 saturated heterocycles. The largest absolute Gasteiger partial charge is 3.00 e. The van der Waals surface area contributed by atoms with Gasteiger partial charge in [0.1, 0.15) is 0 Å². The first-order valence-corrected chi connectivity index (χ1v) is 27.0. The third kappa shape index (κ3) is 681. The van der Waals surface area contributed by atoms with Crippen molar-refractivity contribution in [3.05, 3.63) is 153 Å². The van der Waals surface area contributed by atoms with Crippen molar-refractivity contribution < 1.29 is 373 Å². The SMILES string of the molecule is C1COCCOCCOCCOCCO1.C1COCCOCCOCCOCCO1.C1COCCOCCOCCOCCO1.C1COCCOCCOCCOCCO1.O.O.O.O.O.O.O=[N+]([O-])[O-].O=[N+]([O-])[O-].O=[N+]([O-])[O-].O=[N+]([O-])[O-].O=[N+]([O-])[O-].O=[N+]([O-])[O-].O=[N+]([O-])[O-].O=[N+]([O-])[O-].O=[N+]([O-])[O-].O=[N+]([O-])[O-].[Fe+3].[Fe+3].[Fe+3].[Fe+3].[O-2].[OH3+].[OH3+].[OH3+].[OH3+].[OH3+].[OH3+].[OH3+].[OH3+].[OH3+].[OH3+].[OH3+].[OH3+].[OH3+].[OH3+].[OH3+].[OH3+].[OH3+].[OH3+].[OH3+].[OH3+].[OH3+].[OH3+]. The molecular weight excluding hydrogens is 2110 g/mol. The zero-order valence-electron chi connectivity index (χ0n) is 70.7. The summed E-state index contributed by atoms with van der Waals surface area (Å²) in [5, 5.41) is 148. The normalized spacial score (nSPS) is 12.6. The van der Waals surface area contributed by atoms with Crippen molar-refractivity contribution in [3.8, 4) is 0 Å². The van der Waals surface area contributed by atoms with Crippen molar-refractivity contribution in [2.45, 2.75) is 0 Å². The number of hydrogen-bond donors (Lipinski definition) is 0. The molecule has 0 atom stereocenters. The van der Waals surface area contributed by atoms with Crippen LogP contribution < -0.4 is 0 Å². The molecule has 4 fully saturated rings. The Morgan fingerprint density at radius 2 is 0.120 bits per heavy atom. The van der Waals surface area contributed by atoms with E-state index in [9.17, 15) is 0 Å². The standard InChI is InChI=1S/4C10H20O5.4Fe.10NO3.28H2O.O/c4*1-2-12-5-6-14-9-10-15-8-7-13-4-3-11-1;;;;;10*2-1(3)4;;;;;;;;;;;;;;;;;;;;;;;;;;;;;/h4*1-10H2;;;;;;;;;;;;;;;28*1H2;/q;;;;4*+3;10*-1;;;;;;;;;;;;;;;;;;;;;;;;;;;;;-2/p+22. The number of rotatable bonds is 0. The van der Waals surface area contributed by atoms with Crippen LogP contribution in [0.1, 0.15) is 0 Å². The molecule has 4 radical (unpaired) electrons. The Bertz CT molecular complexity index is 1210. The van der Waals surface area contributed by atoms with Crippen LogP contribution in [-0.2, 0) is 289 Å². The maximum absolute atomic E-state index is 8.25. The molecule has 0 aromatic heterocycles. The smallest absolute Gasteiger partial charge is 2.00 e. The third-order valence-electron chi connectivity index (χ3n) is 7.44. The van der Waals surface area contributed by atoms with Gasteiger partial charge in [0.15, 0.2) is 0 Å². The van der Waals surface area contributed by atoms with E-state index in [4.69, 9.17) is 248 Å². The van der Waals surface area contributed by atoms with Crippen LogP contribution in [0, 0.1) is 153 Å². The van der Waals surface area contributed by atoms with Gasteiger partial charge in [-0.1, -0.05) is 0 Å². The topological polar surface area (TPSA) is 1790 Å². The summed E-state index contributed by atoms with van der Waals surface area (Å²) in [5.41, 5.74) is 0. The maximum atomic E-state index is 8.25. The van der Waals surface area contributed by atoms with Crippen LogP contribution in [0.5, 0.6) is 0 Å². The average molecular weight is 2270 g/mol. The summed E-state index contributed by atoms with van der Waals surface area (Å²) in [6.45, 7) is 24.4. The Morgan fingerprint density at radius 1 is 0.105 bits per heavy atom. The van der Waals surface area contributed by atoms with Crippen LogP contribution in [0.2, 0.25) is 0 Å².